The van der Waals surface area contributed by atoms with Gasteiger partial charge in [0, 0.05) is 12.0 Å². The number of carboxylic acid groups (broad SMARTS) is 1. The lowest BCUT2D eigenvalue weighted by atomic mass is 10.1. The molecule has 2 aromatic rings. The largest absolute Gasteiger partial charge is 0.544 e. The first kappa shape index (κ1) is 15.3. The highest BCUT2D eigenvalue weighted by Crippen LogP contribution is 2.02. The topological polar surface area (TPSA) is 44.6 Å². The maximum Gasteiger partial charge on any atom is 0.118 e. The number of aryl methyl sites for hydroxylation is 1. The van der Waals surface area contributed by atoms with Crippen molar-refractivity contribution in [2.45, 2.75) is 19.9 Å². The molecule has 0 saturated heterocycles. The molecule has 110 valence electrons. The molecule has 2 rings (SSSR count). The number of nitrogens with one attached hydrogen (secondary N) is 1. The molecule has 0 amide bonds. The third-order valence-electron chi connectivity index (χ3n) is 3.54. The molecule has 0 aliphatic heterocycles. The molecule has 0 aromatic heterocycles. The molecule has 0 saturated carbocycles. The molecule has 3 nitrogen and oxygen atoms in total. The van der Waals surface area contributed by atoms with Crippen LogP contribution in [-0.2, 0) is 17.8 Å². The van der Waals surface area contributed by atoms with Gasteiger partial charge in [-0.05, 0) is 12.5 Å². The van der Waals surface area contributed by atoms with Crippen LogP contribution in [0, 0.1) is 6.92 Å². The van der Waals surface area contributed by atoms with Crippen LogP contribution in [0.15, 0.2) is 54.6 Å². The summed E-state index contributed by atoms with van der Waals surface area (Å²) in [5, 5.41) is 10.9. The summed E-state index contributed by atoms with van der Waals surface area (Å²) in [6.07, 6.45) is 0.870. The number of quaternary nitrogens is 1. The maximum atomic E-state index is 10.9. The van der Waals surface area contributed by atoms with Gasteiger partial charge in [0.25, 0.3) is 0 Å². The molecule has 0 aliphatic carbocycles. The second-order valence-corrected chi connectivity index (χ2v) is 5.45. The molecule has 0 spiro atoms. The summed E-state index contributed by atoms with van der Waals surface area (Å²) in [5.41, 5.74) is 3.60. The minimum absolute atomic E-state index is 0.0424. The first-order valence-electron chi connectivity index (χ1n) is 7.26. The summed E-state index contributed by atoms with van der Waals surface area (Å²) in [6, 6.07) is 18.4. The second kappa shape index (κ2) is 7.60. The van der Waals surface area contributed by atoms with Crippen LogP contribution in [0.1, 0.15) is 16.7 Å². The zero-order chi connectivity index (χ0) is 15.1. The molecule has 0 aliphatic rings. The lowest BCUT2D eigenvalue weighted by molar-refractivity contribution is -0.908. The number of aliphatic carboxylic acids is 1. The fourth-order valence-corrected chi connectivity index (χ4v) is 2.52. The molecular formula is C18H21NO2. The van der Waals surface area contributed by atoms with Gasteiger partial charge in [0.05, 0.1) is 12.5 Å². The monoisotopic (exact) mass is 283 g/mol. The fourth-order valence-electron chi connectivity index (χ4n) is 2.52. The van der Waals surface area contributed by atoms with Crippen molar-refractivity contribution in [1.82, 2.24) is 0 Å². The van der Waals surface area contributed by atoms with Gasteiger partial charge in [0.2, 0.25) is 0 Å². The van der Waals surface area contributed by atoms with E-state index in [0.717, 1.165) is 17.9 Å². The van der Waals surface area contributed by atoms with Gasteiger partial charge in [-0.3, -0.25) is 0 Å². The molecule has 21 heavy (non-hydrogen) atoms. The van der Waals surface area contributed by atoms with E-state index in [1.54, 1.807) is 0 Å². The number of rotatable bonds is 7. The molecule has 1 unspecified atom stereocenters. The number of carbonyl (C=O) groups is 1. The highest BCUT2D eigenvalue weighted by molar-refractivity contribution is 5.65. The first-order valence-corrected chi connectivity index (χ1v) is 7.26. The third kappa shape index (κ3) is 5.40. The van der Waals surface area contributed by atoms with E-state index in [9.17, 15) is 9.90 Å². The van der Waals surface area contributed by atoms with Gasteiger partial charge in [-0.1, -0.05) is 60.2 Å². The fraction of sp³-hybridized carbons (Fsp3) is 0.278. The van der Waals surface area contributed by atoms with Gasteiger partial charge in [0.15, 0.2) is 0 Å². The lowest BCUT2D eigenvalue weighted by Gasteiger charge is -2.20. The number of hydrogen-bond donors (Lipinski definition) is 1. The number of hydrogen-bond acceptors (Lipinski definition) is 2. The van der Waals surface area contributed by atoms with Gasteiger partial charge in [-0.2, -0.15) is 0 Å². The van der Waals surface area contributed by atoms with E-state index >= 15 is 0 Å². The van der Waals surface area contributed by atoms with Crippen molar-refractivity contribution in [1.29, 1.82) is 0 Å². The quantitative estimate of drug-likeness (QED) is 0.798. The number of benzene rings is 2. The second-order valence-electron chi connectivity index (χ2n) is 5.45. The smallest absolute Gasteiger partial charge is 0.118 e. The summed E-state index contributed by atoms with van der Waals surface area (Å²) in [4.78, 5) is 12.0. The zero-order valence-corrected chi connectivity index (χ0v) is 12.3. The summed E-state index contributed by atoms with van der Waals surface area (Å²) >= 11 is 0. The molecule has 0 radical (unpaired) electrons. The van der Waals surface area contributed by atoms with E-state index in [1.165, 1.54) is 16.7 Å². The summed E-state index contributed by atoms with van der Waals surface area (Å²) in [7, 11) is 0. The minimum atomic E-state index is -0.995. The average molecular weight is 283 g/mol. The highest BCUT2D eigenvalue weighted by atomic mass is 16.4. The number of carbonyl (C=O) groups excluding carboxylic acids is 1. The van der Waals surface area contributed by atoms with E-state index in [2.05, 4.69) is 18.2 Å². The van der Waals surface area contributed by atoms with Crippen LogP contribution in [0.5, 0.6) is 0 Å². The van der Waals surface area contributed by atoms with E-state index < -0.39 is 5.97 Å². The van der Waals surface area contributed by atoms with Crippen LogP contribution < -0.4 is 10.0 Å². The van der Waals surface area contributed by atoms with Gasteiger partial charge in [-0.15, -0.1) is 0 Å². The van der Waals surface area contributed by atoms with Crippen LogP contribution in [0.4, 0.5) is 0 Å². The molecule has 1 atom stereocenters. The lowest BCUT2D eigenvalue weighted by Crippen LogP contribution is -3.12. The van der Waals surface area contributed by atoms with Crippen molar-refractivity contribution in [3.63, 3.8) is 0 Å². The molecule has 0 heterocycles. The Bertz CT molecular complexity index is 581. The number of carboxylic acids is 1. The van der Waals surface area contributed by atoms with Crippen LogP contribution in [0.2, 0.25) is 0 Å². The van der Waals surface area contributed by atoms with Crippen LogP contribution >= 0.6 is 0 Å². The van der Waals surface area contributed by atoms with Crippen molar-refractivity contribution < 1.29 is 14.8 Å². The maximum absolute atomic E-state index is 10.9. The van der Waals surface area contributed by atoms with Crippen LogP contribution in [0.25, 0.3) is 0 Å². The SMILES string of the molecule is Cc1cccc(C[NH+](CCc2ccccc2)CC(=O)[O-])c1. The normalized spacial score (nSPS) is 12.0. The Kier molecular flexibility index (Phi) is 5.52. The molecule has 0 fully saturated rings. The summed E-state index contributed by atoms with van der Waals surface area (Å²) in [5.74, 6) is -0.995. The molecule has 0 bridgehead atoms. The van der Waals surface area contributed by atoms with Gasteiger partial charge in [0.1, 0.15) is 13.1 Å². The Morgan fingerprint density at radius 1 is 1.05 bits per heavy atom. The Morgan fingerprint density at radius 3 is 2.43 bits per heavy atom. The third-order valence-corrected chi connectivity index (χ3v) is 3.54. The van der Waals surface area contributed by atoms with E-state index in [4.69, 9.17) is 0 Å². The minimum Gasteiger partial charge on any atom is -0.544 e. The van der Waals surface area contributed by atoms with Crippen molar-refractivity contribution in [2.75, 3.05) is 13.1 Å². The predicted molar refractivity (Wildman–Crippen MR) is 80.7 cm³/mol. The first-order chi connectivity index (χ1) is 10.1. The molecule has 3 heteroatoms. The van der Waals surface area contributed by atoms with E-state index in [-0.39, 0.29) is 6.54 Å². The van der Waals surface area contributed by atoms with Crippen molar-refractivity contribution >= 4 is 5.97 Å². The zero-order valence-electron chi connectivity index (χ0n) is 12.3. The Morgan fingerprint density at radius 2 is 1.76 bits per heavy atom. The van der Waals surface area contributed by atoms with Gasteiger partial charge in [-0.25, -0.2) is 0 Å². The van der Waals surface area contributed by atoms with E-state index in [0.29, 0.717) is 6.54 Å². The van der Waals surface area contributed by atoms with Crippen molar-refractivity contribution in [3.05, 3.63) is 71.3 Å². The molecule has 2 aromatic carbocycles. The standard InChI is InChI=1S/C18H21NO2/c1-15-6-5-9-17(12-15)13-19(14-18(20)21)11-10-16-7-3-2-4-8-16/h2-9,12H,10-11,13-14H2,1H3,(H,20,21). The Balaban J connectivity index is 1.99. The summed E-state index contributed by atoms with van der Waals surface area (Å²) < 4.78 is 0. The van der Waals surface area contributed by atoms with Gasteiger partial charge >= 0.3 is 0 Å². The van der Waals surface area contributed by atoms with E-state index in [1.807, 2.05) is 43.3 Å². The van der Waals surface area contributed by atoms with Crippen LogP contribution in [0.3, 0.4) is 0 Å². The van der Waals surface area contributed by atoms with Crippen molar-refractivity contribution in [3.8, 4) is 0 Å². The van der Waals surface area contributed by atoms with Gasteiger partial charge < -0.3 is 14.8 Å². The predicted octanol–water partition coefficient (Wildman–Crippen LogP) is 0.373. The van der Waals surface area contributed by atoms with Crippen molar-refractivity contribution in [2.24, 2.45) is 0 Å². The Hall–Kier alpha value is -2.13. The highest BCUT2D eigenvalue weighted by Gasteiger charge is 2.10. The molecular weight excluding hydrogens is 262 g/mol. The summed E-state index contributed by atoms with van der Waals surface area (Å²) in [6.45, 7) is 3.58. The molecule has 1 N–H and O–H groups in total. The van der Waals surface area contributed by atoms with Crippen LogP contribution in [-0.4, -0.2) is 19.1 Å². The average Bonchev–Trinajstić information content (AvgIpc) is 2.45. The Labute approximate surface area is 125 Å².